The molecule has 2 N–H and O–H groups in total. The molecule has 1 rings (SSSR count). The topological polar surface area (TPSA) is 50.4 Å². The van der Waals surface area contributed by atoms with Crippen LogP contribution in [0.25, 0.3) is 0 Å². The van der Waals surface area contributed by atoms with Crippen molar-refractivity contribution >= 4 is 5.91 Å². The Kier molecular flexibility index (Phi) is 6.36. The molecule has 4 nitrogen and oxygen atoms in total. The molecule has 0 aliphatic carbocycles. The van der Waals surface area contributed by atoms with Crippen LogP contribution in [0.15, 0.2) is 24.3 Å². The van der Waals surface area contributed by atoms with Crippen molar-refractivity contribution in [2.75, 3.05) is 13.7 Å². The Hall–Kier alpha value is -1.55. The Bertz CT molecular complexity index is 405. The smallest absolute Gasteiger partial charge is 0.258 e. The van der Waals surface area contributed by atoms with Gasteiger partial charge >= 0.3 is 0 Å². The molecular weight excluding hydrogens is 240 g/mol. The summed E-state index contributed by atoms with van der Waals surface area (Å²) < 4.78 is 5.50. The van der Waals surface area contributed by atoms with Gasteiger partial charge < -0.3 is 15.4 Å². The summed E-state index contributed by atoms with van der Waals surface area (Å²) in [5.41, 5.74) is 1.14. The van der Waals surface area contributed by atoms with Crippen molar-refractivity contribution in [2.24, 2.45) is 5.92 Å². The Morgan fingerprint density at radius 1 is 1.32 bits per heavy atom. The van der Waals surface area contributed by atoms with Gasteiger partial charge in [-0.05, 0) is 37.6 Å². The maximum atomic E-state index is 11.7. The molecule has 0 aliphatic heterocycles. The van der Waals surface area contributed by atoms with E-state index in [-0.39, 0.29) is 18.6 Å². The molecule has 0 aliphatic rings. The van der Waals surface area contributed by atoms with Crippen molar-refractivity contribution in [1.29, 1.82) is 0 Å². The van der Waals surface area contributed by atoms with Crippen molar-refractivity contribution in [1.82, 2.24) is 10.6 Å². The van der Waals surface area contributed by atoms with Crippen molar-refractivity contribution in [3.05, 3.63) is 29.8 Å². The number of carbonyl (C=O) groups is 1. The van der Waals surface area contributed by atoms with E-state index in [1.165, 1.54) is 0 Å². The van der Waals surface area contributed by atoms with Gasteiger partial charge in [-0.2, -0.15) is 0 Å². The van der Waals surface area contributed by atoms with Gasteiger partial charge in [-0.1, -0.05) is 26.0 Å². The third-order valence-electron chi connectivity index (χ3n) is 3.04. The number of nitrogens with one attached hydrogen (secondary N) is 2. The van der Waals surface area contributed by atoms with E-state index >= 15 is 0 Å². The summed E-state index contributed by atoms with van der Waals surface area (Å²) in [6.07, 6.45) is 0. The molecular formula is C15H24N2O2. The van der Waals surface area contributed by atoms with Gasteiger partial charge in [-0.25, -0.2) is 0 Å². The Balaban J connectivity index is 2.43. The van der Waals surface area contributed by atoms with Crippen LogP contribution in [0.1, 0.15) is 26.3 Å². The van der Waals surface area contributed by atoms with Crippen molar-refractivity contribution in [2.45, 2.75) is 33.4 Å². The number of ether oxygens (including phenoxy) is 1. The summed E-state index contributed by atoms with van der Waals surface area (Å²) in [4.78, 5) is 11.7. The lowest BCUT2D eigenvalue weighted by molar-refractivity contribution is -0.124. The first kappa shape index (κ1) is 15.5. The molecule has 0 radical (unpaired) electrons. The number of rotatable bonds is 7. The van der Waals surface area contributed by atoms with Crippen molar-refractivity contribution in [3.63, 3.8) is 0 Å². The summed E-state index contributed by atoms with van der Waals surface area (Å²) in [6, 6.07) is 7.90. The second kappa shape index (κ2) is 7.79. The van der Waals surface area contributed by atoms with Crippen LogP contribution in [0.5, 0.6) is 5.75 Å². The molecule has 106 valence electrons. The maximum Gasteiger partial charge on any atom is 0.258 e. The van der Waals surface area contributed by atoms with Crippen LogP contribution in [0.3, 0.4) is 0 Å². The highest BCUT2D eigenvalue weighted by molar-refractivity contribution is 5.77. The summed E-state index contributed by atoms with van der Waals surface area (Å²) in [5, 5.41) is 5.99. The van der Waals surface area contributed by atoms with Crippen LogP contribution in [-0.4, -0.2) is 25.6 Å². The van der Waals surface area contributed by atoms with Gasteiger partial charge in [0.1, 0.15) is 5.75 Å². The lowest BCUT2D eigenvalue weighted by atomic mass is 10.1. The molecule has 1 aromatic rings. The molecule has 1 atom stereocenters. The normalized spacial score (nSPS) is 12.3. The number of hydrogen-bond acceptors (Lipinski definition) is 3. The minimum atomic E-state index is -0.0831. The highest BCUT2D eigenvalue weighted by atomic mass is 16.5. The Morgan fingerprint density at radius 2 is 2.05 bits per heavy atom. The largest absolute Gasteiger partial charge is 0.484 e. The monoisotopic (exact) mass is 264 g/mol. The first-order chi connectivity index (χ1) is 9.02. The lowest BCUT2D eigenvalue weighted by Crippen LogP contribution is -2.38. The number of benzene rings is 1. The highest BCUT2D eigenvalue weighted by Gasteiger charge is 2.11. The standard InChI is InChI=1S/C15H24N2O2/c1-11(2)12(3)17-15(18)10-19-14-7-5-6-13(8-14)9-16-4/h5-8,11-12,16H,9-10H2,1-4H3,(H,17,18). The van der Waals surface area contributed by atoms with Gasteiger partial charge in [-0.15, -0.1) is 0 Å². The fourth-order valence-electron chi connectivity index (χ4n) is 1.56. The number of carbonyl (C=O) groups excluding carboxylic acids is 1. The zero-order valence-electron chi connectivity index (χ0n) is 12.2. The van der Waals surface area contributed by atoms with Crippen LogP contribution in [0, 0.1) is 5.92 Å². The molecule has 0 aromatic heterocycles. The number of amides is 1. The van der Waals surface area contributed by atoms with Crippen LogP contribution in [0.2, 0.25) is 0 Å². The van der Waals surface area contributed by atoms with Crippen molar-refractivity contribution < 1.29 is 9.53 Å². The summed E-state index contributed by atoms with van der Waals surface area (Å²) in [5.74, 6) is 1.06. The van der Waals surface area contributed by atoms with Gasteiger partial charge in [0.2, 0.25) is 0 Å². The van der Waals surface area contributed by atoms with E-state index in [0.29, 0.717) is 5.92 Å². The molecule has 4 heteroatoms. The van der Waals surface area contributed by atoms with E-state index in [4.69, 9.17) is 4.74 Å². The molecule has 1 unspecified atom stereocenters. The van der Waals surface area contributed by atoms with Gasteiger partial charge in [0.05, 0.1) is 0 Å². The molecule has 0 saturated carbocycles. The van der Waals surface area contributed by atoms with Crippen LogP contribution >= 0.6 is 0 Å². The zero-order valence-corrected chi connectivity index (χ0v) is 12.2. The average Bonchev–Trinajstić information content (AvgIpc) is 2.37. The second-order valence-electron chi connectivity index (χ2n) is 5.07. The van der Waals surface area contributed by atoms with Crippen LogP contribution < -0.4 is 15.4 Å². The first-order valence-corrected chi connectivity index (χ1v) is 6.68. The molecule has 1 aromatic carbocycles. The Morgan fingerprint density at radius 3 is 2.68 bits per heavy atom. The fraction of sp³-hybridized carbons (Fsp3) is 0.533. The molecule has 0 spiro atoms. The average molecular weight is 264 g/mol. The minimum absolute atomic E-state index is 0.0556. The number of hydrogen-bond donors (Lipinski definition) is 2. The van der Waals surface area contributed by atoms with Crippen molar-refractivity contribution in [3.8, 4) is 5.75 Å². The lowest BCUT2D eigenvalue weighted by Gasteiger charge is -2.17. The maximum absolute atomic E-state index is 11.7. The zero-order chi connectivity index (χ0) is 14.3. The molecule has 1 amide bonds. The molecule has 19 heavy (non-hydrogen) atoms. The summed E-state index contributed by atoms with van der Waals surface area (Å²) in [6.45, 7) is 6.99. The minimum Gasteiger partial charge on any atom is -0.484 e. The Labute approximate surface area is 115 Å². The van der Waals surface area contributed by atoms with Crippen LogP contribution in [-0.2, 0) is 11.3 Å². The third kappa shape index (κ3) is 5.75. The van der Waals surface area contributed by atoms with E-state index in [1.54, 1.807) is 0 Å². The molecule has 0 fully saturated rings. The predicted octanol–water partition coefficient (Wildman–Crippen LogP) is 1.95. The van der Waals surface area contributed by atoms with Gasteiger partial charge in [0.15, 0.2) is 6.61 Å². The predicted molar refractivity (Wildman–Crippen MR) is 77.1 cm³/mol. The van der Waals surface area contributed by atoms with Gasteiger partial charge in [-0.3, -0.25) is 4.79 Å². The van der Waals surface area contributed by atoms with Gasteiger partial charge in [0, 0.05) is 12.6 Å². The molecule has 0 heterocycles. The first-order valence-electron chi connectivity index (χ1n) is 6.68. The molecule has 0 bridgehead atoms. The quantitative estimate of drug-likeness (QED) is 0.791. The van der Waals surface area contributed by atoms with E-state index in [9.17, 15) is 4.79 Å². The third-order valence-corrected chi connectivity index (χ3v) is 3.04. The van der Waals surface area contributed by atoms with Gasteiger partial charge in [0.25, 0.3) is 5.91 Å². The fourth-order valence-corrected chi connectivity index (χ4v) is 1.56. The summed E-state index contributed by atoms with van der Waals surface area (Å²) in [7, 11) is 1.90. The molecule has 0 saturated heterocycles. The van der Waals surface area contributed by atoms with E-state index in [1.807, 2.05) is 38.2 Å². The van der Waals surface area contributed by atoms with E-state index in [2.05, 4.69) is 24.5 Å². The van der Waals surface area contributed by atoms with Crippen LogP contribution in [0.4, 0.5) is 0 Å². The highest BCUT2D eigenvalue weighted by Crippen LogP contribution is 2.13. The summed E-state index contributed by atoms with van der Waals surface area (Å²) >= 11 is 0. The second-order valence-corrected chi connectivity index (χ2v) is 5.07. The van der Waals surface area contributed by atoms with E-state index < -0.39 is 0 Å². The van der Waals surface area contributed by atoms with E-state index in [0.717, 1.165) is 17.9 Å². The SMILES string of the molecule is CNCc1cccc(OCC(=O)NC(C)C(C)C)c1.